The van der Waals surface area contributed by atoms with Crippen LogP contribution in [0, 0.1) is 0 Å². The monoisotopic (exact) mass is 512 g/mol. The summed E-state index contributed by atoms with van der Waals surface area (Å²) in [6.45, 7) is 0. The average molecular weight is 512 g/mol. The van der Waals surface area contributed by atoms with E-state index >= 15 is 0 Å². The number of alkyl halides is 6. The average Bonchev–Trinajstić information content (AvgIpc) is 3.17. The number of rotatable bonds is 4. The van der Waals surface area contributed by atoms with Crippen LogP contribution in [0.5, 0.6) is 0 Å². The number of hydrogen-bond donors (Lipinski definition) is 2. The number of hydrogen-bond acceptors (Lipinski definition) is 6. The molecule has 4 rings (SSSR count). The molecule has 7 nitrogen and oxygen atoms in total. The molecule has 1 saturated heterocycles. The first-order chi connectivity index (χ1) is 16.8. The van der Waals surface area contributed by atoms with Crippen LogP contribution in [0.1, 0.15) is 24.2 Å². The van der Waals surface area contributed by atoms with Gasteiger partial charge in [0.1, 0.15) is 11.9 Å². The van der Waals surface area contributed by atoms with Crippen LogP contribution in [0.15, 0.2) is 48.7 Å². The summed E-state index contributed by atoms with van der Waals surface area (Å²) in [5.41, 5.74) is 3.89. The molecule has 3 aromatic rings. The lowest BCUT2D eigenvalue weighted by Crippen LogP contribution is -2.31. The molecule has 1 aromatic carbocycles. The first kappa shape index (κ1) is 25.2. The first-order valence-electron chi connectivity index (χ1n) is 10.5. The van der Waals surface area contributed by atoms with Gasteiger partial charge in [0.25, 0.3) is 0 Å². The Hall–Kier alpha value is -3.87. The van der Waals surface area contributed by atoms with E-state index in [2.05, 4.69) is 9.97 Å². The number of aliphatic hydroxyl groups excluding tert-OH is 1. The molecule has 0 unspecified atom stereocenters. The molecular formula is C23H18F6N4O3. The van der Waals surface area contributed by atoms with Crippen LogP contribution in [0.3, 0.4) is 0 Å². The number of imidazole rings is 1. The van der Waals surface area contributed by atoms with Crippen LogP contribution in [0.2, 0.25) is 0 Å². The third-order valence-corrected chi connectivity index (χ3v) is 5.32. The van der Waals surface area contributed by atoms with Crippen molar-refractivity contribution in [3.8, 4) is 22.5 Å². The lowest BCUT2D eigenvalue weighted by Gasteiger charge is -2.23. The Morgan fingerprint density at radius 3 is 2.47 bits per heavy atom. The van der Waals surface area contributed by atoms with Crippen molar-refractivity contribution in [2.45, 2.75) is 37.4 Å². The predicted molar refractivity (Wildman–Crippen MR) is 116 cm³/mol. The number of cyclic esters (lactones) is 1. The van der Waals surface area contributed by atoms with Crippen LogP contribution in [0.25, 0.3) is 28.7 Å². The highest BCUT2D eigenvalue weighted by molar-refractivity contribution is 5.82. The molecule has 2 aromatic heterocycles. The quantitative estimate of drug-likeness (QED) is 0.386. The largest absolute Gasteiger partial charge is 0.458 e. The Kier molecular flexibility index (Phi) is 6.52. The number of nitrogen functional groups attached to an aromatic ring is 1. The van der Waals surface area contributed by atoms with E-state index in [1.54, 1.807) is 0 Å². The summed E-state index contributed by atoms with van der Waals surface area (Å²) in [5, 5.41) is 9.79. The van der Waals surface area contributed by atoms with Crippen molar-refractivity contribution in [3.05, 3.63) is 60.1 Å². The molecule has 0 aliphatic carbocycles. The molecule has 1 fully saturated rings. The molecule has 0 bridgehead atoms. The maximum atomic E-state index is 14.1. The van der Waals surface area contributed by atoms with E-state index in [4.69, 9.17) is 10.5 Å². The number of pyridine rings is 1. The number of carbonyl (C=O) groups is 1. The van der Waals surface area contributed by atoms with Crippen LogP contribution < -0.4 is 5.73 Å². The smallest absolute Gasteiger partial charge is 0.450 e. The van der Waals surface area contributed by atoms with Crippen molar-refractivity contribution in [1.29, 1.82) is 0 Å². The topological polar surface area (TPSA) is 103 Å². The molecule has 3 N–H and O–H groups in total. The molecule has 0 radical (unpaired) electrons. The normalized spacial score (nSPS) is 19.0. The SMILES string of the molecule is Nc1cc(-c2nc(C(F)(F)F)n(/C=C/[C@@H]3C[C@@H](O)CC(=O)O3)c2-c2cccc(C(F)(F)F)c2)ccn1. The number of carbonyl (C=O) groups excluding carboxylic acids is 1. The van der Waals surface area contributed by atoms with Crippen LogP contribution >= 0.6 is 0 Å². The lowest BCUT2D eigenvalue weighted by atomic mass is 10.0. The van der Waals surface area contributed by atoms with E-state index in [1.165, 1.54) is 24.4 Å². The minimum atomic E-state index is -5.01. The number of esters is 1. The summed E-state index contributed by atoms with van der Waals surface area (Å²) in [7, 11) is 0. The lowest BCUT2D eigenvalue weighted by molar-refractivity contribution is -0.156. The van der Waals surface area contributed by atoms with Gasteiger partial charge in [-0.2, -0.15) is 26.3 Å². The fraction of sp³-hybridized carbons (Fsp3) is 0.261. The van der Waals surface area contributed by atoms with Crippen LogP contribution in [-0.2, 0) is 21.9 Å². The first-order valence-corrected chi connectivity index (χ1v) is 10.5. The molecule has 13 heteroatoms. The van der Waals surface area contributed by atoms with Gasteiger partial charge in [0, 0.05) is 29.9 Å². The van der Waals surface area contributed by atoms with E-state index < -0.39 is 41.9 Å². The van der Waals surface area contributed by atoms with Crippen molar-refractivity contribution < 1.29 is 41.0 Å². The second kappa shape index (κ2) is 9.30. The number of ether oxygens (including phenoxy) is 1. The summed E-state index contributed by atoms with van der Waals surface area (Å²) in [4.78, 5) is 19.1. The van der Waals surface area contributed by atoms with Gasteiger partial charge in [-0.3, -0.25) is 9.36 Å². The predicted octanol–water partition coefficient (Wildman–Crippen LogP) is 4.77. The van der Waals surface area contributed by atoms with Crippen molar-refractivity contribution in [2.24, 2.45) is 0 Å². The van der Waals surface area contributed by atoms with E-state index in [-0.39, 0.29) is 41.2 Å². The van der Waals surface area contributed by atoms with Gasteiger partial charge < -0.3 is 15.6 Å². The van der Waals surface area contributed by atoms with Crippen molar-refractivity contribution in [3.63, 3.8) is 0 Å². The number of halogens is 6. The minimum absolute atomic E-state index is 0.0377. The minimum Gasteiger partial charge on any atom is -0.458 e. The number of aromatic nitrogens is 3. The fourth-order valence-corrected chi connectivity index (χ4v) is 3.80. The Bertz CT molecular complexity index is 1320. The summed E-state index contributed by atoms with van der Waals surface area (Å²) in [6.07, 6.45) is -8.95. The molecule has 190 valence electrons. The molecule has 2 atom stereocenters. The maximum absolute atomic E-state index is 14.1. The molecule has 3 heterocycles. The number of nitrogens with zero attached hydrogens (tertiary/aromatic N) is 3. The van der Waals surface area contributed by atoms with Gasteiger partial charge in [-0.1, -0.05) is 12.1 Å². The summed E-state index contributed by atoms with van der Waals surface area (Å²) < 4.78 is 88.0. The van der Waals surface area contributed by atoms with E-state index in [0.717, 1.165) is 24.4 Å². The Morgan fingerprint density at radius 2 is 1.83 bits per heavy atom. The van der Waals surface area contributed by atoms with Crippen LogP contribution in [-0.4, -0.2) is 37.8 Å². The molecule has 0 spiro atoms. The standard InChI is InChI=1S/C23H18F6N4O3/c24-22(25,26)14-3-1-2-13(8-14)20-19(12-4-6-31-17(30)9-12)32-21(23(27,28)29)33(20)7-5-16-10-15(34)11-18(35)36-16/h1-9,15-16,34H,10-11H2,(H2,30,31)/b7-5+/t15-,16-/m1/s1. The van der Waals surface area contributed by atoms with Gasteiger partial charge in [0.05, 0.1) is 29.5 Å². The third kappa shape index (κ3) is 5.35. The molecule has 1 aliphatic heterocycles. The van der Waals surface area contributed by atoms with Gasteiger partial charge >= 0.3 is 18.3 Å². The van der Waals surface area contributed by atoms with Gasteiger partial charge in [-0.05, 0) is 30.3 Å². The van der Waals surface area contributed by atoms with Gasteiger partial charge in [-0.25, -0.2) is 9.97 Å². The third-order valence-electron chi connectivity index (χ3n) is 5.32. The second-order valence-electron chi connectivity index (χ2n) is 8.01. The van der Waals surface area contributed by atoms with Crippen molar-refractivity contribution in [2.75, 3.05) is 5.73 Å². The number of benzene rings is 1. The van der Waals surface area contributed by atoms with E-state index in [9.17, 15) is 36.2 Å². The summed E-state index contributed by atoms with van der Waals surface area (Å²) >= 11 is 0. The highest BCUT2D eigenvalue weighted by Gasteiger charge is 2.40. The number of anilines is 1. The zero-order chi connectivity index (χ0) is 26.3. The molecule has 1 aliphatic rings. The zero-order valence-electron chi connectivity index (χ0n) is 18.2. The molecule has 36 heavy (non-hydrogen) atoms. The highest BCUT2D eigenvalue weighted by Crippen LogP contribution is 2.41. The van der Waals surface area contributed by atoms with Gasteiger partial charge in [0.2, 0.25) is 5.82 Å². The fourth-order valence-electron chi connectivity index (χ4n) is 3.80. The van der Waals surface area contributed by atoms with Crippen LogP contribution in [0.4, 0.5) is 32.2 Å². The Morgan fingerprint density at radius 1 is 1.08 bits per heavy atom. The van der Waals surface area contributed by atoms with Crippen molar-refractivity contribution in [1.82, 2.24) is 14.5 Å². The van der Waals surface area contributed by atoms with Gasteiger partial charge in [0.15, 0.2) is 0 Å². The number of aliphatic hydroxyl groups is 1. The number of nitrogens with two attached hydrogens (primary N) is 1. The van der Waals surface area contributed by atoms with Crippen molar-refractivity contribution >= 4 is 18.0 Å². The highest BCUT2D eigenvalue weighted by atomic mass is 19.4. The molecule has 0 saturated carbocycles. The zero-order valence-corrected chi connectivity index (χ0v) is 18.2. The van der Waals surface area contributed by atoms with E-state index in [0.29, 0.717) is 10.6 Å². The molecular weight excluding hydrogens is 494 g/mol. The van der Waals surface area contributed by atoms with Gasteiger partial charge in [-0.15, -0.1) is 0 Å². The second-order valence-corrected chi connectivity index (χ2v) is 8.01. The maximum Gasteiger partial charge on any atom is 0.450 e. The summed E-state index contributed by atoms with van der Waals surface area (Å²) in [6, 6.07) is 6.35. The Labute approximate surface area is 199 Å². The molecule has 0 amide bonds. The van der Waals surface area contributed by atoms with E-state index in [1.807, 2.05) is 0 Å². The summed E-state index contributed by atoms with van der Waals surface area (Å²) in [5.74, 6) is -2.21. The Balaban J connectivity index is 1.96.